The Morgan fingerprint density at radius 1 is 1.15 bits per heavy atom. The van der Waals surface area contributed by atoms with Gasteiger partial charge in [0.05, 0.1) is 5.56 Å². The average Bonchev–Trinajstić information content (AvgIpc) is 2.67. The Bertz CT molecular complexity index is 550. The Kier molecular flexibility index (Phi) is 2.64. The number of nitriles is 1. The van der Waals surface area contributed by atoms with Crippen LogP contribution >= 0.6 is 0 Å². The van der Waals surface area contributed by atoms with E-state index in [1.807, 2.05) is 6.92 Å². The minimum Gasteiger partial charge on any atom is -0.384 e. The van der Waals surface area contributed by atoms with E-state index in [9.17, 15) is 5.26 Å². The largest absolute Gasteiger partial charge is 0.384 e. The molecule has 0 spiro atoms. The molecule has 1 heterocycles. The van der Waals surface area contributed by atoms with Crippen molar-refractivity contribution < 1.29 is 0 Å². The molecule has 106 valence electrons. The number of aromatic amines is 1. The van der Waals surface area contributed by atoms with Gasteiger partial charge in [0.15, 0.2) is 0 Å². The third-order valence-electron chi connectivity index (χ3n) is 6.36. The summed E-state index contributed by atoms with van der Waals surface area (Å²) in [5, 5.41) is 9.17. The van der Waals surface area contributed by atoms with Crippen LogP contribution in [0, 0.1) is 47.8 Å². The van der Waals surface area contributed by atoms with Crippen LogP contribution < -0.4 is 5.73 Å². The maximum Gasteiger partial charge on any atom is 0.119 e. The van der Waals surface area contributed by atoms with Crippen molar-refractivity contribution >= 4 is 5.82 Å². The molecule has 20 heavy (non-hydrogen) atoms. The van der Waals surface area contributed by atoms with Gasteiger partial charge < -0.3 is 10.7 Å². The molecule has 1 aromatic heterocycles. The highest BCUT2D eigenvalue weighted by atomic mass is 14.9. The van der Waals surface area contributed by atoms with Crippen molar-refractivity contribution in [3.63, 3.8) is 0 Å². The molecule has 4 bridgehead atoms. The molecule has 3 nitrogen and oxygen atoms in total. The van der Waals surface area contributed by atoms with Crippen LogP contribution in [0.25, 0.3) is 0 Å². The van der Waals surface area contributed by atoms with Crippen molar-refractivity contribution in [2.75, 3.05) is 5.73 Å². The molecular formula is C17H23N3. The Morgan fingerprint density at radius 2 is 1.75 bits per heavy atom. The number of rotatable bonds is 2. The van der Waals surface area contributed by atoms with E-state index in [1.165, 1.54) is 37.8 Å². The number of nitrogens with one attached hydrogen (secondary N) is 1. The molecule has 0 radical (unpaired) electrons. The average molecular weight is 269 g/mol. The second-order valence-electron chi connectivity index (χ2n) is 7.43. The first kappa shape index (κ1) is 12.3. The molecule has 3 heteroatoms. The number of aromatic nitrogens is 1. The van der Waals surface area contributed by atoms with Crippen LogP contribution in [0.2, 0.25) is 0 Å². The van der Waals surface area contributed by atoms with Gasteiger partial charge in [0, 0.05) is 5.69 Å². The summed E-state index contributed by atoms with van der Waals surface area (Å²) in [6, 6.07) is 2.23. The Hall–Kier alpha value is -1.43. The van der Waals surface area contributed by atoms with Crippen molar-refractivity contribution in [3.8, 4) is 6.07 Å². The molecule has 0 atom stereocenters. The zero-order valence-electron chi connectivity index (χ0n) is 12.2. The summed E-state index contributed by atoms with van der Waals surface area (Å²) in [5.41, 5.74) is 8.88. The molecule has 0 unspecified atom stereocenters. The molecule has 0 amide bonds. The van der Waals surface area contributed by atoms with Gasteiger partial charge >= 0.3 is 0 Å². The predicted molar refractivity (Wildman–Crippen MR) is 78.9 cm³/mol. The monoisotopic (exact) mass is 269 g/mol. The molecule has 4 aliphatic rings. The lowest BCUT2D eigenvalue weighted by atomic mass is 9.51. The van der Waals surface area contributed by atoms with Gasteiger partial charge in [0.1, 0.15) is 11.9 Å². The third-order valence-corrected chi connectivity index (χ3v) is 6.36. The summed E-state index contributed by atoms with van der Waals surface area (Å²) >= 11 is 0. The van der Waals surface area contributed by atoms with Crippen LogP contribution in [0.1, 0.15) is 48.9 Å². The first-order valence-electron chi connectivity index (χ1n) is 8.02. The maximum absolute atomic E-state index is 9.17. The minimum atomic E-state index is 0.559. The Balaban J connectivity index is 1.59. The third kappa shape index (κ3) is 1.70. The van der Waals surface area contributed by atoms with Crippen molar-refractivity contribution in [3.05, 3.63) is 16.8 Å². The van der Waals surface area contributed by atoms with E-state index in [0.717, 1.165) is 41.6 Å². The molecular weight excluding hydrogens is 246 g/mol. The minimum absolute atomic E-state index is 0.559. The number of nitrogen functional groups attached to an aromatic ring is 1. The number of nitrogens with zero attached hydrogens (tertiary/aromatic N) is 1. The zero-order chi connectivity index (χ0) is 13.9. The van der Waals surface area contributed by atoms with Crippen LogP contribution in [0.4, 0.5) is 5.82 Å². The van der Waals surface area contributed by atoms with E-state index in [-0.39, 0.29) is 0 Å². The van der Waals surface area contributed by atoms with Gasteiger partial charge in [-0.2, -0.15) is 5.26 Å². The molecule has 4 saturated carbocycles. The van der Waals surface area contributed by atoms with E-state index in [0.29, 0.717) is 11.4 Å². The topological polar surface area (TPSA) is 65.6 Å². The smallest absolute Gasteiger partial charge is 0.119 e. The molecule has 0 aliphatic heterocycles. The van der Waals surface area contributed by atoms with Gasteiger partial charge in [-0.25, -0.2) is 0 Å². The highest BCUT2D eigenvalue weighted by Gasteiger charge is 2.48. The summed E-state index contributed by atoms with van der Waals surface area (Å²) in [7, 11) is 0. The van der Waals surface area contributed by atoms with Gasteiger partial charge in [-0.1, -0.05) is 0 Å². The lowest BCUT2D eigenvalue weighted by Gasteiger charge is -2.54. The molecule has 4 fully saturated rings. The predicted octanol–water partition coefficient (Wildman–Crippen LogP) is 3.39. The summed E-state index contributed by atoms with van der Waals surface area (Å²) in [4.78, 5) is 3.28. The molecule has 3 N–H and O–H groups in total. The normalized spacial score (nSPS) is 38.1. The second-order valence-corrected chi connectivity index (χ2v) is 7.43. The number of hydrogen-bond donors (Lipinski definition) is 2. The van der Waals surface area contributed by atoms with E-state index in [2.05, 4.69) is 11.1 Å². The highest BCUT2D eigenvalue weighted by Crippen LogP contribution is 2.57. The first-order chi connectivity index (χ1) is 9.65. The van der Waals surface area contributed by atoms with Crippen molar-refractivity contribution in [1.29, 1.82) is 5.26 Å². The van der Waals surface area contributed by atoms with E-state index >= 15 is 0 Å². The van der Waals surface area contributed by atoms with Crippen LogP contribution in [0.3, 0.4) is 0 Å². The van der Waals surface area contributed by atoms with Crippen molar-refractivity contribution in [2.24, 2.45) is 29.6 Å². The second kappa shape index (κ2) is 4.28. The first-order valence-corrected chi connectivity index (χ1v) is 8.02. The lowest BCUT2D eigenvalue weighted by molar-refractivity contribution is -0.0363. The van der Waals surface area contributed by atoms with Crippen LogP contribution in [-0.2, 0) is 6.42 Å². The van der Waals surface area contributed by atoms with Gasteiger partial charge in [0.25, 0.3) is 0 Å². The van der Waals surface area contributed by atoms with Gasteiger partial charge in [-0.05, 0) is 80.6 Å². The fraction of sp³-hybridized carbons (Fsp3) is 0.706. The summed E-state index contributed by atoms with van der Waals surface area (Å²) in [5.74, 6) is 5.30. The molecule has 1 aromatic rings. The quantitative estimate of drug-likeness (QED) is 0.864. The number of hydrogen-bond acceptors (Lipinski definition) is 2. The number of nitrogens with two attached hydrogens (primary N) is 1. The lowest BCUT2D eigenvalue weighted by Crippen LogP contribution is -2.45. The van der Waals surface area contributed by atoms with Crippen LogP contribution in [0.5, 0.6) is 0 Å². The summed E-state index contributed by atoms with van der Waals surface area (Å²) in [6.45, 7) is 2.04. The number of anilines is 1. The molecule has 0 saturated heterocycles. The SMILES string of the molecule is Cc1c(CC2C3CC4CC(C3)CC2C4)[nH]c(N)c1C#N. The Labute approximate surface area is 120 Å². The molecule has 0 aromatic carbocycles. The van der Waals surface area contributed by atoms with Crippen molar-refractivity contribution in [2.45, 2.75) is 45.4 Å². The fourth-order valence-corrected chi connectivity index (χ4v) is 5.63. The fourth-order valence-electron chi connectivity index (χ4n) is 5.63. The highest BCUT2D eigenvalue weighted by molar-refractivity contribution is 5.56. The molecule has 4 aliphatic carbocycles. The van der Waals surface area contributed by atoms with Gasteiger partial charge in [-0.15, -0.1) is 0 Å². The van der Waals surface area contributed by atoms with Crippen LogP contribution in [-0.4, -0.2) is 4.98 Å². The summed E-state index contributed by atoms with van der Waals surface area (Å²) < 4.78 is 0. The van der Waals surface area contributed by atoms with Gasteiger partial charge in [0.2, 0.25) is 0 Å². The summed E-state index contributed by atoms with van der Waals surface area (Å²) in [6.07, 6.45) is 8.44. The Morgan fingerprint density at radius 3 is 2.25 bits per heavy atom. The van der Waals surface area contributed by atoms with Crippen LogP contribution in [0.15, 0.2) is 0 Å². The van der Waals surface area contributed by atoms with E-state index in [4.69, 9.17) is 5.73 Å². The van der Waals surface area contributed by atoms with Crippen molar-refractivity contribution in [1.82, 2.24) is 4.98 Å². The van der Waals surface area contributed by atoms with E-state index in [1.54, 1.807) is 0 Å². The molecule has 5 rings (SSSR count). The zero-order valence-corrected chi connectivity index (χ0v) is 12.2. The van der Waals surface area contributed by atoms with Gasteiger partial charge in [-0.3, -0.25) is 0 Å². The number of H-pyrrole nitrogens is 1. The van der Waals surface area contributed by atoms with E-state index < -0.39 is 0 Å². The maximum atomic E-state index is 9.17. The standard InChI is InChI=1S/C17H23N3/c1-9-15(8-18)17(19)20-16(9)7-14-12-3-10-2-11(5-12)6-13(14)4-10/h10-14,20H,2-7,19H2,1H3.